The minimum absolute atomic E-state index is 0.236. The summed E-state index contributed by atoms with van der Waals surface area (Å²) in [5.41, 5.74) is -1.41. The van der Waals surface area contributed by atoms with E-state index >= 15 is 0 Å². The maximum Gasteiger partial charge on any atom is 0.410 e. The molecular weight excluding hydrogens is 338 g/mol. The van der Waals surface area contributed by atoms with E-state index in [4.69, 9.17) is 14.3 Å². The zero-order valence-corrected chi connectivity index (χ0v) is 17.5. The fourth-order valence-corrected chi connectivity index (χ4v) is 2.62. The SMILES string of the molecule is CO/N=C1\CCN(C(=O)OC(C)(C)C)C[C@@]1(C)N(C)C(=O)OC(C)(C)C. The van der Waals surface area contributed by atoms with Gasteiger partial charge in [0.25, 0.3) is 0 Å². The van der Waals surface area contributed by atoms with E-state index in [9.17, 15) is 9.59 Å². The predicted molar refractivity (Wildman–Crippen MR) is 99.3 cm³/mol. The topological polar surface area (TPSA) is 80.7 Å². The molecule has 1 aliphatic rings. The van der Waals surface area contributed by atoms with Crippen LogP contribution in [-0.4, -0.2) is 71.7 Å². The number of nitrogens with zero attached hydrogens (tertiary/aromatic N) is 3. The molecule has 1 heterocycles. The van der Waals surface area contributed by atoms with Gasteiger partial charge >= 0.3 is 12.2 Å². The Hall–Kier alpha value is -1.99. The van der Waals surface area contributed by atoms with Crippen LogP contribution in [0.5, 0.6) is 0 Å². The Morgan fingerprint density at radius 2 is 1.65 bits per heavy atom. The van der Waals surface area contributed by atoms with E-state index in [2.05, 4.69) is 5.16 Å². The molecule has 150 valence electrons. The van der Waals surface area contributed by atoms with Crippen LogP contribution in [0.25, 0.3) is 0 Å². The summed E-state index contributed by atoms with van der Waals surface area (Å²) in [5, 5.41) is 4.09. The number of ether oxygens (including phenoxy) is 2. The molecule has 0 aromatic carbocycles. The van der Waals surface area contributed by atoms with Crippen LogP contribution in [0.3, 0.4) is 0 Å². The molecule has 1 rings (SSSR count). The van der Waals surface area contributed by atoms with Gasteiger partial charge in [0.1, 0.15) is 23.9 Å². The van der Waals surface area contributed by atoms with Crippen molar-refractivity contribution in [3.05, 3.63) is 0 Å². The first-order valence-corrected chi connectivity index (χ1v) is 8.75. The second-order valence-electron chi connectivity index (χ2n) is 8.69. The quantitative estimate of drug-likeness (QED) is 0.696. The summed E-state index contributed by atoms with van der Waals surface area (Å²) in [6, 6.07) is 0. The van der Waals surface area contributed by atoms with Gasteiger partial charge in [-0.3, -0.25) is 4.90 Å². The van der Waals surface area contributed by atoms with Gasteiger partial charge in [0, 0.05) is 20.0 Å². The molecule has 8 heteroatoms. The number of likely N-dealkylation sites (N-methyl/N-ethyl adjacent to an activating group) is 1. The Morgan fingerprint density at radius 3 is 2.12 bits per heavy atom. The molecule has 1 saturated heterocycles. The molecule has 0 radical (unpaired) electrons. The third-order valence-electron chi connectivity index (χ3n) is 4.00. The van der Waals surface area contributed by atoms with E-state index in [-0.39, 0.29) is 6.54 Å². The van der Waals surface area contributed by atoms with Crippen molar-refractivity contribution >= 4 is 17.9 Å². The van der Waals surface area contributed by atoms with Crippen molar-refractivity contribution in [2.24, 2.45) is 5.16 Å². The Balaban J connectivity index is 3.08. The van der Waals surface area contributed by atoms with Crippen molar-refractivity contribution in [2.75, 3.05) is 27.2 Å². The molecule has 0 aliphatic carbocycles. The average Bonchev–Trinajstić information content (AvgIpc) is 2.45. The number of hydrogen-bond donors (Lipinski definition) is 0. The minimum Gasteiger partial charge on any atom is -0.444 e. The lowest BCUT2D eigenvalue weighted by Crippen LogP contribution is -2.64. The highest BCUT2D eigenvalue weighted by Gasteiger charge is 2.46. The van der Waals surface area contributed by atoms with Gasteiger partial charge in [-0.05, 0) is 48.5 Å². The number of oxime groups is 1. The minimum atomic E-state index is -0.868. The molecule has 0 aromatic rings. The van der Waals surface area contributed by atoms with Crippen LogP contribution in [0.15, 0.2) is 5.16 Å². The summed E-state index contributed by atoms with van der Waals surface area (Å²) in [6.07, 6.45) is -0.441. The Morgan fingerprint density at radius 1 is 1.12 bits per heavy atom. The van der Waals surface area contributed by atoms with Gasteiger partial charge in [-0.2, -0.15) is 0 Å². The number of hydrogen-bond acceptors (Lipinski definition) is 6. The molecule has 8 nitrogen and oxygen atoms in total. The zero-order chi connectivity index (χ0) is 20.3. The average molecular weight is 371 g/mol. The lowest BCUT2D eigenvalue weighted by Gasteiger charge is -2.46. The van der Waals surface area contributed by atoms with Gasteiger partial charge in [-0.25, -0.2) is 9.59 Å². The lowest BCUT2D eigenvalue weighted by atomic mass is 9.87. The van der Waals surface area contributed by atoms with Crippen molar-refractivity contribution in [2.45, 2.75) is 71.6 Å². The van der Waals surface area contributed by atoms with Crippen LogP contribution < -0.4 is 0 Å². The molecule has 0 N–H and O–H groups in total. The third-order valence-corrected chi connectivity index (χ3v) is 4.00. The number of amides is 2. The van der Waals surface area contributed by atoms with Crippen LogP contribution in [0.1, 0.15) is 54.9 Å². The summed E-state index contributed by atoms with van der Waals surface area (Å²) in [7, 11) is 3.10. The van der Waals surface area contributed by atoms with Crippen LogP contribution in [0.4, 0.5) is 9.59 Å². The van der Waals surface area contributed by atoms with Crippen LogP contribution in [0, 0.1) is 0 Å². The highest BCUT2D eigenvalue weighted by molar-refractivity contribution is 5.97. The molecule has 1 atom stereocenters. The number of likely N-dealkylation sites (tertiary alicyclic amines) is 1. The molecule has 0 unspecified atom stereocenters. The van der Waals surface area contributed by atoms with E-state index < -0.39 is 28.9 Å². The van der Waals surface area contributed by atoms with E-state index in [0.717, 1.165) is 0 Å². The van der Waals surface area contributed by atoms with Gasteiger partial charge in [-0.1, -0.05) is 5.16 Å². The highest BCUT2D eigenvalue weighted by atomic mass is 16.6. The molecule has 0 saturated carbocycles. The molecule has 1 fully saturated rings. The van der Waals surface area contributed by atoms with Crippen molar-refractivity contribution in [3.8, 4) is 0 Å². The Bertz CT molecular complexity index is 562. The number of piperidine rings is 1. The Labute approximate surface area is 156 Å². The number of rotatable bonds is 2. The largest absolute Gasteiger partial charge is 0.444 e. The summed E-state index contributed by atoms with van der Waals surface area (Å²) < 4.78 is 10.9. The van der Waals surface area contributed by atoms with E-state index in [1.807, 2.05) is 27.7 Å². The van der Waals surface area contributed by atoms with E-state index in [0.29, 0.717) is 18.7 Å². The van der Waals surface area contributed by atoms with Gasteiger partial charge in [0.2, 0.25) is 0 Å². The number of carbonyl (C=O) groups excluding carboxylic acids is 2. The summed E-state index contributed by atoms with van der Waals surface area (Å²) in [6.45, 7) is 13.4. The monoisotopic (exact) mass is 371 g/mol. The molecule has 2 amide bonds. The fourth-order valence-electron chi connectivity index (χ4n) is 2.62. The first-order chi connectivity index (χ1) is 11.7. The third kappa shape index (κ3) is 5.78. The van der Waals surface area contributed by atoms with Gasteiger partial charge in [0.15, 0.2) is 0 Å². The maximum absolute atomic E-state index is 12.6. The molecule has 26 heavy (non-hydrogen) atoms. The summed E-state index contributed by atoms with van der Waals surface area (Å²) >= 11 is 0. The standard InChI is InChI=1S/C18H33N3O5/c1-16(2,3)25-14(22)20(8)18(7)12-21(11-10-13(18)19-24-9)15(23)26-17(4,5)6/h10-12H2,1-9H3/b19-13+/t18-/m1/s1. The van der Waals surface area contributed by atoms with Crippen molar-refractivity contribution in [1.82, 2.24) is 9.80 Å². The molecule has 0 aromatic heterocycles. The summed E-state index contributed by atoms with van der Waals surface area (Å²) in [5.74, 6) is 0. The van der Waals surface area contributed by atoms with Gasteiger partial charge in [-0.15, -0.1) is 0 Å². The predicted octanol–water partition coefficient (Wildman–Crippen LogP) is 3.26. The smallest absolute Gasteiger partial charge is 0.410 e. The van der Waals surface area contributed by atoms with E-state index in [1.165, 1.54) is 12.0 Å². The van der Waals surface area contributed by atoms with Gasteiger partial charge < -0.3 is 19.2 Å². The second-order valence-corrected chi connectivity index (χ2v) is 8.69. The lowest BCUT2D eigenvalue weighted by molar-refractivity contribution is -0.00214. The number of carbonyl (C=O) groups is 2. The molecule has 1 aliphatic heterocycles. The van der Waals surface area contributed by atoms with Crippen molar-refractivity contribution < 1.29 is 23.9 Å². The van der Waals surface area contributed by atoms with E-state index in [1.54, 1.807) is 32.7 Å². The van der Waals surface area contributed by atoms with Crippen molar-refractivity contribution in [3.63, 3.8) is 0 Å². The molecule has 0 bridgehead atoms. The molecular formula is C18H33N3O5. The summed E-state index contributed by atoms with van der Waals surface area (Å²) in [4.78, 5) is 33.1. The van der Waals surface area contributed by atoms with Crippen molar-refractivity contribution in [1.29, 1.82) is 0 Å². The first kappa shape index (κ1) is 22.1. The first-order valence-electron chi connectivity index (χ1n) is 8.75. The van der Waals surface area contributed by atoms with Crippen LogP contribution >= 0.6 is 0 Å². The van der Waals surface area contributed by atoms with Gasteiger partial charge in [0.05, 0.1) is 12.3 Å². The zero-order valence-electron chi connectivity index (χ0n) is 17.5. The second kappa shape index (κ2) is 7.72. The maximum atomic E-state index is 12.6. The highest BCUT2D eigenvalue weighted by Crippen LogP contribution is 2.27. The van der Waals surface area contributed by atoms with Crippen LogP contribution in [-0.2, 0) is 14.3 Å². The van der Waals surface area contributed by atoms with Crippen LogP contribution in [0.2, 0.25) is 0 Å². The molecule has 0 spiro atoms. The fraction of sp³-hybridized carbons (Fsp3) is 0.833. The normalized spacial score (nSPS) is 22.8. The Kier molecular flexibility index (Phi) is 6.54.